The molecule has 1 rings (SSSR count). The maximum Gasteiger partial charge on any atom is 0.257 e. The molecule has 1 amide bonds. The number of halogens is 1. The van der Waals surface area contributed by atoms with Gasteiger partial charge in [-0.3, -0.25) is 4.79 Å². The standard InChI is InChI=1S/C11H15ClN2O/c1-3-7-14(2)11(15)10-8(12)5-4-6-9(10)13/h4-6H,3,7,13H2,1-2H3. The molecule has 0 heterocycles. The molecule has 0 bridgehead atoms. The monoisotopic (exact) mass is 226 g/mol. The molecule has 0 saturated carbocycles. The van der Waals surface area contributed by atoms with Gasteiger partial charge in [-0.15, -0.1) is 0 Å². The molecule has 3 nitrogen and oxygen atoms in total. The van der Waals surface area contributed by atoms with Crippen molar-refractivity contribution in [1.29, 1.82) is 0 Å². The zero-order valence-corrected chi connectivity index (χ0v) is 9.71. The second kappa shape index (κ2) is 5.03. The summed E-state index contributed by atoms with van der Waals surface area (Å²) < 4.78 is 0. The van der Waals surface area contributed by atoms with Crippen molar-refractivity contribution in [3.8, 4) is 0 Å². The fourth-order valence-electron chi connectivity index (χ4n) is 1.39. The number of rotatable bonds is 3. The summed E-state index contributed by atoms with van der Waals surface area (Å²) in [6.07, 6.45) is 0.909. The number of anilines is 1. The summed E-state index contributed by atoms with van der Waals surface area (Å²) in [7, 11) is 1.74. The van der Waals surface area contributed by atoms with Crippen molar-refractivity contribution in [3.63, 3.8) is 0 Å². The summed E-state index contributed by atoms with van der Waals surface area (Å²) in [6, 6.07) is 5.08. The van der Waals surface area contributed by atoms with E-state index in [0.717, 1.165) is 6.42 Å². The highest BCUT2D eigenvalue weighted by atomic mass is 35.5. The Morgan fingerprint density at radius 1 is 1.53 bits per heavy atom. The summed E-state index contributed by atoms with van der Waals surface area (Å²) in [4.78, 5) is 13.6. The summed E-state index contributed by atoms with van der Waals surface area (Å²) >= 11 is 5.94. The normalized spacial score (nSPS) is 10.1. The molecule has 2 N–H and O–H groups in total. The van der Waals surface area contributed by atoms with Gasteiger partial charge in [-0.25, -0.2) is 0 Å². The van der Waals surface area contributed by atoms with Crippen LogP contribution in [0.3, 0.4) is 0 Å². The molecule has 1 aromatic rings. The minimum Gasteiger partial charge on any atom is -0.398 e. The van der Waals surface area contributed by atoms with E-state index in [2.05, 4.69) is 0 Å². The van der Waals surface area contributed by atoms with Gasteiger partial charge >= 0.3 is 0 Å². The highest BCUT2D eigenvalue weighted by Gasteiger charge is 2.16. The van der Waals surface area contributed by atoms with Crippen LogP contribution in [-0.2, 0) is 0 Å². The minimum absolute atomic E-state index is 0.125. The van der Waals surface area contributed by atoms with Crippen LogP contribution in [0.5, 0.6) is 0 Å². The molecule has 0 aliphatic rings. The molecule has 4 heteroatoms. The number of hydrogen-bond donors (Lipinski definition) is 1. The molecule has 0 fully saturated rings. The molecule has 0 spiro atoms. The van der Waals surface area contributed by atoms with Gasteiger partial charge < -0.3 is 10.6 Å². The van der Waals surface area contributed by atoms with E-state index < -0.39 is 0 Å². The van der Waals surface area contributed by atoms with Crippen LogP contribution in [0.1, 0.15) is 23.7 Å². The van der Waals surface area contributed by atoms with Gasteiger partial charge in [0.15, 0.2) is 0 Å². The van der Waals surface area contributed by atoms with Gasteiger partial charge in [0, 0.05) is 19.3 Å². The number of nitrogens with zero attached hydrogens (tertiary/aromatic N) is 1. The summed E-state index contributed by atoms with van der Waals surface area (Å²) in [6.45, 7) is 2.71. The first-order valence-corrected chi connectivity index (χ1v) is 5.25. The van der Waals surface area contributed by atoms with Crippen molar-refractivity contribution in [2.24, 2.45) is 0 Å². The molecule has 0 saturated heterocycles. The highest BCUT2D eigenvalue weighted by molar-refractivity contribution is 6.34. The van der Waals surface area contributed by atoms with Crippen LogP contribution < -0.4 is 5.73 Å². The second-order valence-corrected chi connectivity index (χ2v) is 3.84. The molecular formula is C11H15ClN2O. The largest absolute Gasteiger partial charge is 0.398 e. The van der Waals surface area contributed by atoms with Crippen molar-refractivity contribution in [3.05, 3.63) is 28.8 Å². The average Bonchev–Trinajstić information content (AvgIpc) is 2.17. The lowest BCUT2D eigenvalue weighted by atomic mass is 10.1. The Morgan fingerprint density at radius 2 is 2.20 bits per heavy atom. The van der Waals surface area contributed by atoms with E-state index >= 15 is 0 Å². The third kappa shape index (κ3) is 2.63. The van der Waals surface area contributed by atoms with Gasteiger partial charge in [0.1, 0.15) is 0 Å². The van der Waals surface area contributed by atoms with Crippen LogP contribution in [0.25, 0.3) is 0 Å². The number of nitrogens with two attached hydrogens (primary N) is 1. The molecule has 1 aromatic carbocycles. The minimum atomic E-state index is -0.125. The smallest absolute Gasteiger partial charge is 0.257 e. The number of carbonyl (C=O) groups excluding carboxylic acids is 1. The van der Waals surface area contributed by atoms with Crippen LogP contribution in [0, 0.1) is 0 Å². The Kier molecular flexibility index (Phi) is 3.97. The van der Waals surface area contributed by atoms with Gasteiger partial charge in [0.25, 0.3) is 5.91 Å². The predicted octanol–water partition coefficient (Wildman–Crippen LogP) is 2.40. The Balaban J connectivity index is 3.00. The second-order valence-electron chi connectivity index (χ2n) is 3.43. The lowest BCUT2D eigenvalue weighted by molar-refractivity contribution is 0.0796. The van der Waals surface area contributed by atoms with Crippen molar-refractivity contribution in [1.82, 2.24) is 4.90 Å². The number of carbonyl (C=O) groups is 1. The van der Waals surface area contributed by atoms with E-state index in [4.69, 9.17) is 17.3 Å². The zero-order chi connectivity index (χ0) is 11.4. The van der Waals surface area contributed by atoms with Crippen LogP contribution in [0.2, 0.25) is 5.02 Å². The molecule has 0 radical (unpaired) electrons. The van der Waals surface area contributed by atoms with Crippen LogP contribution in [-0.4, -0.2) is 24.4 Å². The molecule has 82 valence electrons. The van der Waals surface area contributed by atoms with Crippen molar-refractivity contribution >= 4 is 23.2 Å². The Morgan fingerprint density at radius 3 is 2.73 bits per heavy atom. The predicted molar refractivity (Wildman–Crippen MR) is 63.1 cm³/mol. The Labute approximate surface area is 94.8 Å². The molecular weight excluding hydrogens is 212 g/mol. The molecule has 0 unspecified atom stereocenters. The number of hydrogen-bond acceptors (Lipinski definition) is 2. The number of benzene rings is 1. The first-order valence-electron chi connectivity index (χ1n) is 4.87. The lowest BCUT2D eigenvalue weighted by Gasteiger charge is -2.17. The average molecular weight is 227 g/mol. The third-order valence-electron chi connectivity index (χ3n) is 2.17. The first kappa shape index (κ1) is 11.9. The quantitative estimate of drug-likeness (QED) is 0.805. The molecule has 0 aliphatic heterocycles. The van der Waals surface area contributed by atoms with Gasteiger partial charge in [0.2, 0.25) is 0 Å². The topological polar surface area (TPSA) is 46.3 Å². The van der Waals surface area contributed by atoms with E-state index in [1.165, 1.54) is 0 Å². The van der Waals surface area contributed by atoms with Gasteiger partial charge in [-0.05, 0) is 18.6 Å². The Hall–Kier alpha value is -1.22. The fourth-order valence-corrected chi connectivity index (χ4v) is 1.66. The first-order chi connectivity index (χ1) is 7.07. The summed E-state index contributed by atoms with van der Waals surface area (Å²) in [5.74, 6) is -0.125. The van der Waals surface area contributed by atoms with Crippen molar-refractivity contribution < 1.29 is 4.79 Å². The Bertz CT molecular complexity index is 345. The van der Waals surface area contributed by atoms with Crippen LogP contribution in [0.4, 0.5) is 5.69 Å². The van der Waals surface area contributed by atoms with E-state index in [-0.39, 0.29) is 5.91 Å². The number of nitrogen functional groups attached to an aromatic ring is 1. The van der Waals surface area contributed by atoms with Gasteiger partial charge in [0.05, 0.1) is 10.6 Å². The van der Waals surface area contributed by atoms with Crippen LogP contribution in [0.15, 0.2) is 18.2 Å². The molecule has 15 heavy (non-hydrogen) atoms. The summed E-state index contributed by atoms with van der Waals surface area (Å²) in [5, 5.41) is 0.406. The van der Waals surface area contributed by atoms with Crippen molar-refractivity contribution in [2.45, 2.75) is 13.3 Å². The van der Waals surface area contributed by atoms with Crippen LogP contribution >= 0.6 is 11.6 Å². The SMILES string of the molecule is CCCN(C)C(=O)c1c(N)cccc1Cl. The maximum absolute atomic E-state index is 11.9. The van der Waals surface area contributed by atoms with E-state index in [0.29, 0.717) is 22.8 Å². The molecule has 0 atom stereocenters. The summed E-state index contributed by atoms with van der Waals surface area (Å²) in [5.41, 5.74) is 6.55. The highest BCUT2D eigenvalue weighted by Crippen LogP contribution is 2.23. The lowest BCUT2D eigenvalue weighted by Crippen LogP contribution is -2.28. The molecule has 0 aliphatic carbocycles. The van der Waals surface area contributed by atoms with Crippen molar-refractivity contribution in [2.75, 3.05) is 19.3 Å². The zero-order valence-electron chi connectivity index (χ0n) is 8.96. The van der Waals surface area contributed by atoms with E-state index in [9.17, 15) is 4.79 Å². The van der Waals surface area contributed by atoms with Gasteiger partial charge in [-0.1, -0.05) is 24.6 Å². The van der Waals surface area contributed by atoms with Gasteiger partial charge in [-0.2, -0.15) is 0 Å². The maximum atomic E-state index is 11.9. The third-order valence-corrected chi connectivity index (χ3v) is 2.48. The van der Waals surface area contributed by atoms with E-state index in [1.807, 2.05) is 6.92 Å². The fraction of sp³-hybridized carbons (Fsp3) is 0.364. The number of amides is 1. The van der Waals surface area contributed by atoms with E-state index in [1.54, 1.807) is 30.1 Å². The molecule has 0 aromatic heterocycles.